The van der Waals surface area contributed by atoms with Crippen LogP contribution in [0.5, 0.6) is 0 Å². The molecule has 2 aromatic rings. The molecule has 0 aliphatic heterocycles. The molecule has 0 atom stereocenters. The van der Waals surface area contributed by atoms with Crippen LogP contribution in [-0.2, 0) is 13.1 Å². The standard InChI is InChI=1S/C18H24N2/c1-5-6-9-12-20-16(14-19-18(2,3)4)13-15-10-7-8-11-17(15)20/h7-8,10-11,13,19H,9,12,14H2,1-4H3. The number of para-hydroxylation sites is 1. The zero-order valence-corrected chi connectivity index (χ0v) is 13.0. The largest absolute Gasteiger partial charge is 0.342 e. The van der Waals surface area contributed by atoms with E-state index in [0.717, 1.165) is 19.5 Å². The first-order valence-corrected chi connectivity index (χ1v) is 7.23. The van der Waals surface area contributed by atoms with Crippen LogP contribution in [0.15, 0.2) is 30.3 Å². The summed E-state index contributed by atoms with van der Waals surface area (Å²) in [4.78, 5) is 0. The van der Waals surface area contributed by atoms with Crippen molar-refractivity contribution in [2.75, 3.05) is 0 Å². The van der Waals surface area contributed by atoms with E-state index in [1.807, 2.05) is 6.92 Å². The van der Waals surface area contributed by atoms with Crippen molar-refractivity contribution in [3.63, 3.8) is 0 Å². The maximum atomic E-state index is 3.57. The van der Waals surface area contributed by atoms with Gasteiger partial charge < -0.3 is 9.88 Å². The van der Waals surface area contributed by atoms with Crippen molar-refractivity contribution in [2.24, 2.45) is 0 Å². The van der Waals surface area contributed by atoms with E-state index in [1.54, 1.807) is 0 Å². The third kappa shape index (κ3) is 3.65. The molecule has 0 fully saturated rings. The quantitative estimate of drug-likeness (QED) is 0.831. The zero-order valence-electron chi connectivity index (χ0n) is 13.0. The van der Waals surface area contributed by atoms with Crippen LogP contribution in [0.1, 0.15) is 39.8 Å². The molecule has 0 unspecified atom stereocenters. The monoisotopic (exact) mass is 268 g/mol. The minimum absolute atomic E-state index is 0.129. The number of aryl methyl sites for hydroxylation is 1. The normalized spacial score (nSPS) is 11.4. The van der Waals surface area contributed by atoms with Gasteiger partial charge in [-0.1, -0.05) is 18.2 Å². The molecule has 1 heterocycles. The third-order valence-corrected chi connectivity index (χ3v) is 3.33. The highest BCUT2D eigenvalue weighted by atomic mass is 15.0. The SMILES string of the molecule is CC#CCCn1c(CNC(C)(C)C)cc2ccccc21. The van der Waals surface area contributed by atoms with Crippen molar-refractivity contribution < 1.29 is 0 Å². The fourth-order valence-corrected chi connectivity index (χ4v) is 2.33. The number of rotatable bonds is 4. The van der Waals surface area contributed by atoms with Gasteiger partial charge in [0.05, 0.1) is 0 Å². The molecule has 0 spiro atoms. The first-order valence-electron chi connectivity index (χ1n) is 7.23. The second-order valence-electron chi connectivity index (χ2n) is 6.13. The van der Waals surface area contributed by atoms with E-state index in [4.69, 9.17) is 0 Å². The number of nitrogens with one attached hydrogen (secondary N) is 1. The van der Waals surface area contributed by atoms with Gasteiger partial charge in [-0.15, -0.1) is 11.8 Å². The number of aromatic nitrogens is 1. The van der Waals surface area contributed by atoms with Gasteiger partial charge in [0, 0.05) is 36.3 Å². The second kappa shape index (κ2) is 6.15. The average molecular weight is 268 g/mol. The molecule has 0 bridgehead atoms. The van der Waals surface area contributed by atoms with Crippen LogP contribution in [-0.4, -0.2) is 10.1 Å². The first-order chi connectivity index (χ1) is 9.51. The van der Waals surface area contributed by atoms with E-state index in [-0.39, 0.29) is 5.54 Å². The van der Waals surface area contributed by atoms with Gasteiger partial charge in [0.1, 0.15) is 0 Å². The summed E-state index contributed by atoms with van der Waals surface area (Å²) >= 11 is 0. The minimum atomic E-state index is 0.129. The molecule has 1 aromatic heterocycles. The lowest BCUT2D eigenvalue weighted by molar-refractivity contribution is 0.416. The number of hydrogen-bond donors (Lipinski definition) is 1. The van der Waals surface area contributed by atoms with Crippen LogP contribution >= 0.6 is 0 Å². The Morgan fingerprint density at radius 1 is 1.20 bits per heavy atom. The van der Waals surface area contributed by atoms with Gasteiger partial charge >= 0.3 is 0 Å². The summed E-state index contributed by atoms with van der Waals surface area (Å²) in [5.41, 5.74) is 2.76. The van der Waals surface area contributed by atoms with Gasteiger partial charge in [-0.05, 0) is 45.2 Å². The summed E-state index contributed by atoms with van der Waals surface area (Å²) in [5, 5.41) is 4.88. The summed E-state index contributed by atoms with van der Waals surface area (Å²) in [6.45, 7) is 10.3. The highest BCUT2D eigenvalue weighted by Crippen LogP contribution is 2.20. The van der Waals surface area contributed by atoms with E-state index in [0.29, 0.717) is 0 Å². The molecule has 2 rings (SSSR count). The van der Waals surface area contributed by atoms with Crippen molar-refractivity contribution in [2.45, 2.75) is 52.7 Å². The lowest BCUT2D eigenvalue weighted by atomic mass is 10.1. The topological polar surface area (TPSA) is 17.0 Å². The maximum absolute atomic E-state index is 3.57. The van der Waals surface area contributed by atoms with E-state index >= 15 is 0 Å². The molecule has 0 saturated carbocycles. The van der Waals surface area contributed by atoms with E-state index < -0.39 is 0 Å². The van der Waals surface area contributed by atoms with Gasteiger partial charge in [-0.3, -0.25) is 0 Å². The summed E-state index contributed by atoms with van der Waals surface area (Å²) in [5.74, 6) is 6.13. The fourth-order valence-electron chi connectivity index (χ4n) is 2.33. The highest BCUT2D eigenvalue weighted by molar-refractivity contribution is 5.81. The lowest BCUT2D eigenvalue weighted by Gasteiger charge is -2.21. The van der Waals surface area contributed by atoms with Crippen LogP contribution in [0.25, 0.3) is 10.9 Å². The van der Waals surface area contributed by atoms with Gasteiger partial charge in [0.25, 0.3) is 0 Å². The Hall–Kier alpha value is -1.72. The summed E-state index contributed by atoms with van der Waals surface area (Å²) < 4.78 is 2.39. The highest BCUT2D eigenvalue weighted by Gasteiger charge is 2.12. The molecule has 2 nitrogen and oxygen atoms in total. The predicted molar refractivity (Wildman–Crippen MR) is 86.6 cm³/mol. The van der Waals surface area contributed by atoms with Gasteiger partial charge in [0.2, 0.25) is 0 Å². The fraction of sp³-hybridized carbons (Fsp3) is 0.444. The van der Waals surface area contributed by atoms with Crippen LogP contribution in [0.2, 0.25) is 0 Å². The van der Waals surface area contributed by atoms with Crippen molar-refractivity contribution in [1.82, 2.24) is 9.88 Å². The van der Waals surface area contributed by atoms with Crippen molar-refractivity contribution in [3.8, 4) is 11.8 Å². The summed E-state index contributed by atoms with van der Waals surface area (Å²) in [7, 11) is 0. The zero-order chi connectivity index (χ0) is 14.6. The van der Waals surface area contributed by atoms with Crippen LogP contribution in [0.3, 0.4) is 0 Å². The molecular weight excluding hydrogens is 244 g/mol. The maximum Gasteiger partial charge on any atom is 0.0483 e. The number of fused-ring (bicyclic) bond motifs is 1. The van der Waals surface area contributed by atoms with Crippen molar-refractivity contribution >= 4 is 10.9 Å². The lowest BCUT2D eigenvalue weighted by Crippen LogP contribution is -2.35. The van der Waals surface area contributed by atoms with Crippen LogP contribution in [0.4, 0.5) is 0 Å². The first kappa shape index (κ1) is 14.7. The van der Waals surface area contributed by atoms with Gasteiger partial charge in [0.15, 0.2) is 0 Å². The summed E-state index contributed by atoms with van der Waals surface area (Å²) in [6, 6.07) is 10.9. The third-order valence-electron chi connectivity index (χ3n) is 3.33. The molecule has 0 amide bonds. The molecule has 1 N–H and O–H groups in total. The number of hydrogen-bond acceptors (Lipinski definition) is 1. The molecule has 0 aliphatic rings. The Morgan fingerprint density at radius 2 is 1.95 bits per heavy atom. The van der Waals surface area contributed by atoms with E-state index in [1.165, 1.54) is 16.6 Å². The Balaban J connectivity index is 2.30. The molecule has 2 heteroatoms. The van der Waals surface area contributed by atoms with Crippen LogP contribution in [0, 0.1) is 11.8 Å². The van der Waals surface area contributed by atoms with E-state index in [2.05, 4.69) is 72.8 Å². The summed E-state index contributed by atoms with van der Waals surface area (Å²) in [6.07, 6.45) is 0.900. The molecule has 1 aromatic carbocycles. The Bertz CT molecular complexity index is 633. The Kier molecular flexibility index (Phi) is 4.52. The molecule has 106 valence electrons. The number of benzene rings is 1. The number of nitrogens with zero attached hydrogens (tertiary/aromatic N) is 1. The second-order valence-corrected chi connectivity index (χ2v) is 6.13. The molecule has 0 saturated heterocycles. The minimum Gasteiger partial charge on any atom is -0.342 e. The Morgan fingerprint density at radius 3 is 2.65 bits per heavy atom. The van der Waals surface area contributed by atoms with Crippen molar-refractivity contribution in [1.29, 1.82) is 0 Å². The van der Waals surface area contributed by atoms with Gasteiger partial charge in [-0.2, -0.15) is 0 Å². The average Bonchev–Trinajstić information content (AvgIpc) is 2.74. The predicted octanol–water partition coefficient (Wildman–Crippen LogP) is 3.94. The van der Waals surface area contributed by atoms with Crippen molar-refractivity contribution in [3.05, 3.63) is 36.0 Å². The molecule has 20 heavy (non-hydrogen) atoms. The smallest absolute Gasteiger partial charge is 0.0483 e. The molecule has 0 radical (unpaired) electrons. The van der Waals surface area contributed by atoms with Gasteiger partial charge in [-0.25, -0.2) is 0 Å². The molecular formula is C18H24N2. The van der Waals surface area contributed by atoms with E-state index in [9.17, 15) is 0 Å². The van der Waals surface area contributed by atoms with Crippen LogP contribution < -0.4 is 5.32 Å². The molecule has 0 aliphatic carbocycles. The Labute approximate surface area is 122 Å².